The highest BCUT2D eigenvalue weighted by molar-refractivity contribution is 9.10. The van der Waals surface area contributed by atoms with Crippen molar-refractivity contribution in [2.75, 3.05) is 0 Å². The fourth-order valence-corrected chi connectivity index (χ4v) is 2.28. The molecule has 0 radical (unpaired) electrons. The fourth-order valence-electron chi connectivity index (χ4n) is 1.12. The molecule has 1 aromatic heterocycles. The molecule has 4 heteroatoms. The maximum atomic E-state index is 5.82. The van der Waals surface area contributed by atoms with Gasteiger partial charge < -0.3 is 4.74 Å². The second kappa shape index (κ2) is 5.01. The summed E-state index contributed by atoms with van der Waals surface area (Å²) < 4.78 is 7.43. The van der Waals surface area contributed by atoms with Gasteiger partial charge in [0.1, 0.15) is 12.4 Å². The van der Waals surface area contributed by atoms with Gasteiger partial charge in [0.05, 0.1) is 4.34 Å². The molecule has 15 heavy (non-hydrogen) atoms. The number of rotatable bonds is 3. The summed E-state index contributed by atoms with van der Waals surface area (Å²) in [6, 6.07) is 9.69. The second-order valence-corrected chi connectivity index (χ2v) is 5.46. The van der Waals surface area contributed by atoms with Gasteiger partial charge in [0.15, 0.2) is 0 Å². The lowest BCUT2D eigenvalue weighted by atomic mass is 10.3. The van der Waals surface area contributed by atoms with Gasteiger partial charge in [0.2, 0.25) is 0 Å². The van der Waals surface area contributed by atoms with E-state index in [0.717, 1.165) is 20.1 Å². The summed E-state index contributed by atoms with van der Waals surface area (Å²) in [4.78, 5) is 0. The number of ether oxygens (including phenoxy) is 1. The zero-order chi connectivity index (χ0) is 10.7. The predicted octanol–water partition coefficient (Wildman–Crippen LogP) is 4.74. The van der Waals surface area contributed by atoms with E-state index in [2.05, 4.69) is 15.9 Å². The topological polar surface area (TPSA) is 9.23 Å². The summed E-state index contributed by atoms with van der Waals surface area (Å²) in [5.74, 6) is 0.862. The van der Waals surface area contributed by atoms with E-state index in [0.29, 0.717) is 6.61 Å². The van der Waals surface area contributed by atoms with Crippen LogP contribution in [-0.2, 0) is 6.61 Å². The fraction of sp³-hybridized carbons (Fsp3) is 0.0909. The average Bonchev–Trinajstić information content (AvgIpc) is 2.64. The van der Waals surface area contributed by atoms with Crippen LogP contribution in [0.15, 0.2) is 40.2 Å². The molecule has 0 saturated carbocycles. The molecule has 1 aromatic carbocycles. The number of hydrogen-bond acceptors (Lipinski definition) is 2. The van der Waals surface area contributed by atoms with Crippen LogP contribution in [0.2, 0.25) is 4.34 Å². The van der Waals surface area contributed by atoms with Gasteiger partial charge in [-0.2, -0.15) is 0 Å². The molecule has 0 bridgehead atoms. The molecule has 78 valence electrons. The number of thiophene rings is 1. The Morgan fingerprint density at radius 3 is 2.60 bits per heavy atom. The number of halogens is 2. The molecular weight excluding hydrogens is 296 g/mol. The van der Waals surface area contributed by atoms with Crippen molar-refractivity contribution in [1.82, 2.24) is 0 Å². The monoisotopic (exact) mass is 302 g/mol. The molecule has 0 N–H and O–H groups in total. The van der Waals surface area contributed by atoms with Crippen LogP contribution in [0.1, 0.15) is 5.56 Å². The summed E-state index contributed by atoms with van der Waals surface area (Å²) in [5.41, 5.74) is 1.10. The Morgan fingerprint density at radius 2 is 2.00 bits per heavy atom. The molecule has 0 atom stereocenters. The van der Waals surface area contributed by atoms with Gasteiger partial charge >= 0.3 is 0 Å². The Labute approximate surface area is 106 Å². The molecular formula is C11H8BrClOS. The van der Waals surface area contributed by atoms with E-state index in [-0.39, 0.29) is 0 Å². The maximum absolute atomic E-state index is 5.82. The normalized spacial score (nSPS) is 10.3. The highest BCUT2D eigenvalue weighted by atomic mass is 79.9. The largest absolute Gasteiger partial charge is 0.489 e. The summed E-state index contributed by atoms with van der Waals surface area (Å²) in [5, 5.41) is 2.00. The van der Waals surface area contributed by atoms with Crippen LogP contribution in [0.25, 0.3) is 0 Å². The van der Waals surface area contributed by atoms with E-state index < -0.39 is 0 Å². The summed E-state index contributed by atoms with van der Waals surface area (Å²) in [6.45, 7) is 0.560. The van der Waals surface area contributed by atoms with Crippen LogP contribution in [0.5, 0.6) is 5.75 Å². The Bertz CT molecular complexity index is 438. The van der Waals surface area contributed by atoms with E-state index in [9.17, 15) is 0 Å². The van der Waals surface area contributed by atoms with Crippen molar-refractivity contribution < 1.29 is 4.74 Å². The van der Waals surface area contributed by atoms with E-state index in [1.807, 2.05) is 35.7 Å². The molecule has 1 heterocycles. The Morgan fingerprint density at radius 1 is 1.27 bits per heavy atom. The molecule has 2 aromatic rings. The highest BCUT2D eigenvalue weighted by Gasteiger charge is 1.99. The quantitative estimate of drug-likeness (QED) is 0.795. The lowest BCUT2D eigenvalue weighted by Crippen LogP contribution is -1.92. The molecule has 0 aliphatic heterocycles. The van der Waals surface area contributed by atoms with Gasteiger partial charge in [-0.25, -0.2) is 0 Å². The third-order valence-corrected chi connectivity index (χ3v) is 3.51. The lowest BCUT2D eigenvalue weighted by molar-refractivity contribution is 0.306. The first-order valence-corrected chi connectivity index (χ1v) is 6.40. The van der Waals surface area contributed by atoms with E-state index in [4.69, 9.17) is 16.3 Å². The first-order chi connectivity index (χ1) is 7.24. The summed E-state index contributed by atoms with van der Waals surface area (Å²) >= 11 is 10.7. The molecule has 0 aliphatic rings. The molecule has 1 nitrogen and oxygen atoms in total. The first kappa shape index (κ1) is 11.0. The van der Waals surface area contributed by atoms with Crippen molar-refractivity contribution in [3.05, 3.63) is 50.1 Å². The van der Waals surface area contributed by atoms with Crippen LogP contribution < -0.4 is 4.74 Å². The van der Waals surface area contributed by atoms with Gasteiger partial charge in [-0.15, -0.1) is 11.3 Å². The molecule has 0 unspecified atom stereocenters. The van der Waals surface area contributed by atoms with Crippen molar-refractivity contribution >= 4 is 38.9 Å². The minimum atomic E-state index is 0.560. The molecule has 0 fully saturated rings. The van der Waals surface area contributed by atoms with Crippen molar-refractivity contribution in [2.24, 2.45) is 0 Å². The SMILES string of the molecule is Clc1cc(COc2ccc(Br)cc2)cs1. The van der Waals surface area contributed by atoms with Crippen molar-refractivity contribution in [3.8, 4) is 5.75 Å². The smallest absolute Gasteiger partial charge is 0.119 e. The molecule has 0 amide bonds. The van der Waals surface area contributed by atoms with Crippen LogP contribution in [0.4, 0.5) is 0 Å². The standard InChI is InChI=1S/C11H8BrClOS/c12-9-1-3-10(4-2-9)14-6-8-5-11(13)15-7-8/h1-5,7H,6H2. The summed E-state index contributed by atoms with van der Waals surface area (Å²) in [7, 11) is 0. The second-order valence-electron chi connectivity index (χ2n) is 3.00. The summed E-state index contributed by atoms with van der Waals surface area (Å²) in [6.07, 6.45) is 0. The minimum Gasteiger partial charge on any atom is -0.489 e. The average molecular weight is 304 g/mol. The first-order valence-electron chi connectivity index (χ1n) is 4.35. The molecule has 0 aliphatic carbocycles. The van der Waals surface area contributed by atoms with Gasteiger partial charge in [-0.1, -0.05) is 27.5 Å². The Hall–Kier alpha value is -0.510. The molecule has 0 spiro atoms. The van der Waals surface area contributed by atoms with Crippen LogP contribution >= 0.6 is 38.9 Å². The zero-order valence-electron chi connectivity index (χ0n) is 7.74. The Balaban J connectivity index is 1.96. The van der Waals surface area contributed by atoms with Crippen molar-refractivity contribution in [1.29, 1.82) is 0 Å². The third-order valence-electron chi connectivity index (χ3n) is 1.84. The predicted molar refractivity (Wildman–Crippen MR) is 67.8 cm³/mol. The minimum absolute atomic E-state index is 0.560. The van der Waals surface area contributed by atoms with Gasteiger partial charge in [0.25, 0.3) is 0 Å². The van der Waals surface area contributed by atoms with Crippen LogP contribution in [0.3, 0.4) is 0 Å². The lowest BCUT2D eigenvalue weighted by Gasteiger charge is -2.04. The number of benzene rings is 1. The van der Waals surface area contributed by atoms with Crippen molar-refractivity contribution in [3.63, 3.8) is 0 Å². The third kappa shape index (κ3) is 3.23. The van der Waals surface area contributed by atoms with Gasteiger partial charge in [-0.05, 0) is 35.7 Å². The van der Waals surface area contributed by atoms with Gasteiger partial charge in [-0.3, -0.25) is 0 Å². The highest BCUT2D eigenvalue weighted by Crippen LogP contribution is 2.22. The molecule has 0 saturated heterocycles. The molecule has 2 rings (SSSR count). The number of hydrogen-bond donors (Lipinski definition) is 0. The van der Waals surface area contributed by atoms with E-state index in [1.165, 1.54) is 11.3 Å². The van der Waals surface area contributed by atoms with Crippen LogP contribution in [-0.4, -0.2) is 0 Å². The Kier molecular flexibility index (Phi) is 3.67. The van der Waals surface area contributed by atoms with Crippen molar-refractivity contribution in [2.45, 2.75) is 6.61 Å². The van der Waals surface area contributed by atoms with E-state index >= 15 is 0 Å². The van der Waals surface area contributed by atoms with Gasteiger partial charge in [0, 0.05) is 10.0 Å². The van der Waals surface area contributed by atoms with Crippen LogP contribution in [0, 0.1) is 0 Å². The maximum Gasteiger partial charge on any atom is 0.119 e. The zero-order valence-corrected chi connectivity index (χ0v) is 10.9. The van der Waals surface area contributed by atoms with E-state index in [1.54, 1.807) is 0 Å².